The Kier molecular flexibility index (Phi) is 5.18. The Morgan fingerprint density at radius 1 is 1.17 bits per heavy atom. The molecule has 0 spiro atoms. The van der Waals surface area contributed by atoms with Crippen molar-refractivity contribution in [2.45, 2.75) is 24.5 Å². The third-order valence-electron chi connectivity index (χ3n) is 4.46. The van der Waals surface area contributed by atoms with Gasteiger partial charge in [-0.15, -0.1) is 0 Å². The normalized spacial score (nSPS) is 18.5. The lowest BCUT2D eigenvalue weighted by Gasteiger charge is -2.24. The Balaban J connectivity index is 2.03. The zero-order chi connectivity index (χ0) is 17.1. The van der Waals surface area contributed by atoms with E-state index in [2.05, 4.69) is 16.1 Å². The number of benzene rings is 1. The molecule has 7 heteroatoms. The van der Waals surface area contributed by atoms with Crippen LogP contribution < -0.4 is 20.1 Å². The van der Waals surface area contributed by atoms with Gasteiger partial charge < -0.3 is 20.1 Å². The lowest BCUT2D eigenvalue weighted by Crippen LogP contribution is -2.31. The molecule has 1 aromatic heterocycles. The lowest BCUT2D eigenvalue weighted by molar-refractivity contribution is 0.356. The first-order valence-corrected chi connectivity index (χ1v) is 9.42. The molecule has 6 nitrogen and oxygen atoms in total. The molecule has 1 unspecified atom stereocenters. The zero-order valence-corrected chi connectivity index (χ0v) is 15.2. The van der Waals surface area contributed by atoms with E-state index in [-0.39, 0.29) is 0 Å². The van der Waals surface area contributed by atoms with Crippen molar-refractivity contribution in [3.05, 3.63) is 12.1 Å². The minimum absolute atomic E-state index is 0.473. The van der Waals surface area contributed by atoms with Gasteiger partial charge in [0.2, 0.25) is 5.95 Å². The smallest absolute Gasteiger partial charge is 0.227 e. The van der Waals surface area contributed by atoms with Crippen LogP contribution in [0.3, 0.4) is 0 Å². The van der Waals surface area contributed by atoms with Crippen LogP contribution in [0, 0.1) is 0 Å². The largest absolute Gasteiger partial charge is 0.493 e. The van der Waals surface area contributed by atoms with Gasteiger partial charge in [0.1, 0.15) is 5.82 Å². The predicted molar refractivity (Wildman–Crippen MR) is 100 cm³/mol. The molecule has 1 saturated heterocycles. The number of hydrogen-bond acceptors (Lipinski definition) is 7. The van der Waals surface area contributed by atoms with Gasteiger partial charge in [0.15, 0.2) is 11.5 Å². The Hall–Kier alpha value is -1.89. The molecular formula is C17H24N4O2S. The number of rotatable bonds is 4. The second-order valence-electron chi connectivity index (χ2n) is 5.93. The molecule has 0 saturated carbocycles. The molecule has 2 N–H and O–H groups in total. The highest BCUT2D eigenvalue weighted by Crippen LogP contribution is 2.34. The maximum Gasteiger partial charge on any atom is 0.227 e. The molecule has 1 aliphatic heterocycles. The van der Waals surface area contributed by atoms with Gasteiger partial charge in [0.25, 0.3) is 0 Å². The van der Waals surface area contributed by atoms with Crippen LogP contribution in [0.5, 0.6) is 11.5 Å². The van der Waals surface area contributed by atoms with E-state index in [9.17, 15) is 0 Å². The summed E-state index contributed by atoms with van der Waals surface area (Å²) in [6.45, 7) is 1.93. The van der Waals surface area contributed by atoms with E-state index in [0.29, 0.717) is 28.5 Å². The number of anilines is 2. The molecule has 1 aliphatic rings. The fourth-order valence-electron chi connectivity index (χ4n) is 3.09. The molecule has 0 aliphatic carbocycles. The second-order valence-corrected chi connectivity index (χ2v) is 7.07. The number of ether oxygens (including phenoxy) is 2. The highest BCUT2D eigenvalue weighted by Gasteiger charge is 2.21. The SMILES string of the molecule is COc1cc2nc(N3CCCCC(SC)C3)nc(N)c2cc1OC. The number of aromatic nitrogens is 2. The van der Waals surface area contributed by atoms with E-state index in [1.165, 1.54) is 12.8 Å². The molecule has 24 heavy (non-hydrogen) atoms. The first kappa shape index (κ1) is 17.0. The molecule has 130 valence electrons. The monoisotopic (exact) mass is 348 g/mol. The number of nitrogen functional groups attached to an aromatic ring is 1. The van der Waals surface area contributed by atoms with Crippen LogP contribution in [0.2, 0.25) is 0 Å². The van der Waals surface area contributed by atoms with Gasteiger partial charge in [0, 0.05) is 29.8 Å². The van der Waals surface area contributed by atoms with Gasteiger partial charge in [-0.1, -0.05) is 6.42 Å². The van der Waals surface area contributed by atoms with Crippen molar-refractivity contribution in [1.82, 2.24) is 9.97 Å². The van der Waals surface area contributed by atoms with Gasteiger partial charge in [-0.2, -0.15) is 16.7 Å². The summed E-state index contributed by atoms with van der Waals surface area (Å²) < 4.78 is 10.7. The molecule has 2 aromatic rings. The Morgan fingerprint density at radius 2 is 1.92 bits per heavy atom. The first-order valence-electron chi connectivity index (χ1n) is 8.13. The Bertz CT molecular complexity index is 725. The van der Waals surface area contributed by atoms with E-state index < -0.39 is 0 Å². The Morgan fingerprint density at radius 3 is 2.62 bits per heavy atom. The van der Waals surface area contributed by atoms with Crippen molar-refractivity contribution in [3.63, 3.8) is 0 Å². The van der Waals surface area contributed by atoms with E-state index in [4.69, 9.17) is 20.2 Å². The standard InChI is InChI=1S/C17H24N4O2S/c1-22-14-8-12-13(9-15(14)23-2)19-17(20-16(12)18)21-7-5-4-6-11(10-21)24-3/h8-9,11H,4-7,10H2,1-3H3,(H2,18,19,20). The fraction of sp³-hybridized carbons (Fsp3) is 0.529. The summed E-state index contributed by atoms with van der Waals surface area (Å²) in [5.74, 6) is 2.45. The van der Waals surface area contributed by atoms with Crippen molar-refractivity contribution in [2.24, 2.45) is 0 Å². The number of methoxy groups -OCH3 is 2. The van der Waals surface area contributed by atoms with Crippen LogP contribution in [-0.4, -0.2) is 48.8 Å². The molecular weight excluding hydrogens is 324 g/mol. The maximum atomic E-state index is 6.21. The molecule has 0 amide bonds. The zero-order valence-electron chi connectivity index (χ0n) is 14.4. The predicted octanol–water partition coefficient (Wildman–Crippen LogP) is 2.95. The van der Waals surface area contributed by atoms with Gasteiger partial charge in [-0.05, 0) is 25.2 Å². The first-order chi connectivity index (χ1) is 11.7. The molecule has 0 radical (unpaired) electrons. The van der Waals surface area contributed by atoms with Gasteiger partial charge in [-0.3, -0.25) is 0 Å². The summed E-state index contributed by atoms with van der Waals surface area (Å²) in [6.07, 6.45) is 5.81. The highest BCUT2D eigenvalue weighted by atomic mass is 32.2. The summed E-state index contributed by atoms with van der Waals surface area (Å²) in [5.41, 5.74) is 6.98. The molecule has 3 rings (SSSR count). The minimum Gasteiger partial charge on any atom is -0.493 e. The van der Waals surface area contributed by atoms with Gasteiger partial charge in [-0.25, -0.2) is 4.98 Å². The van der Waals surface area contributed by atoms with Crippen LogP contribution in [0.4, 0.5) is 11.8 Å². The highest BCUT2D eigenvalue weighted by molar-refractivity contribution is 7.99. The summed E-state index contributed by atoms with van der Waals surface area (Å²) in [7, 11) is 3.22. The number of nitrogens with zero attached hydrogens (tertiary/aromatic N) is 3. The van der Waals surface area contributed by atoms with Crippen LogP contribution in [0.25, 0.3) is 10.9 Å². The van der Waals surface area contributed by atoms with Crippen molar-refractivity contribution in [2.75, 3.05) is 44.2 Å². The number of fused-ring (bicyclic) bond motifs is 1. The Labute approximate surface area is 146 Å². The van der Waals surface area contributed by atoms with Crippen LogP contribution in [-0.2, 0) is 0 Å². The van der Waals surface area contributed by atoms with E-state index in [1.54, 1.807) is 14.2 Å². The van der Waals surface area contributed by atoms with Crippen molar-refractivity contribution >= 4 is 34.4 Å². The lowest BCUT2D eigenvalue weighted by atomic mass is 10.2. The van der Waals surface area contributed by atoms with Crippen molar-refractivity contribution in [3.8, 4) is 11.5 Å². The number of nitrogens with two attached hydrogens (primary N) is 1. The van der Waals surface area contributed by atoms with Crippen LogP contribution >= 0.6 is 11.8 Å². The topological polar surface area (TPSA) is 73.5 Å². The summed E-state index contributed by atoms with van der Waals surface area (Å²) in [6, 6.07) is 3.69. The molecule has 0 bridgehead atoms. The minimum atomic E-state index is 0.473. The van der Waals surface area contributed by atoms with Crippen molar-refractivity contribution in [1.29, 1.82) is 0 Å². The van der Waals surface area contributed by atoms with Crippen LogP contribution in [0.15, 0.2) is 12.1 Å². The molecule has 1 aromatic carbocycles. The summed E-state index contributed by atoms with van der Waals surface area (Å²) in [4.78, 5) is 11.5. The molecule has 1 atom stereocenters. The van der Waals surface area contributed by atoms with E-state index >= 15 is 0 Å². The number of hydrogen-bond donors (Lipinski definition) is 1. The summed E-state index contributed by atoms with van der Waals surface area (Å²) in [5, 5.41) is 1.39. The fourth-order valence-corrected chi connectivity index (χ4v) is 3.82. The third-order valence-corrected chi connectivity index (χ3v) is 5.51. The quantitative estimate of drug-likeness (QED) is 0.910. The van der Waals surface area contributed by atoms with Gasteiger partial charge >= 0.3 is 0 Å². The number of thioether (sulfide) groups is 1. The molecule has 2 heterocycles. The van der Waals surface area contributed by atoms with Crippen LogP contribution in [0.1, 0.15) is 19.3 Å². The second kappa shape index (κ2) is 7.34. The maximum absolute atomic E-state index is 6.21. The third kappa shape index (κ3) is 3.31. The van der Waals surface area contributed by atoms with Crippen molar-refractivity contribution < 1.29 is 9.47 Å². The van der Waals surface area contributed by atoms with Gasteiger partial charge in [0.05, 0.1) is 19.7 Å². The van der Waals surface area contributed by atoms with E-state index in [1.807, 2.05) is 23.9 Å². The average molecular weight is 348 g/mol. The van der Waals surface area contributed by atoms with E-state index in [0.717, 1.165) is 30.4 Å². The summed E-state index contributed by atoms with van der Waals surface area (Å²) >= 11 is 1.91. The molecule has 1 fully saturated rings. The average Bonchev–Trinajstić information content (AvgIpc) is 2.86.